The second kappa shape index (κ2) is 5.51. The number of hydrogen-bond acceptors (Lipinski definition) is 3. The van der Waals surface area contributed by atoms with Crippen molar-refractivity contribution in [2.45, 2.75) is 20.1 Å². The van der Waals surface area contributed by atoms with Gasteiger partial charge in [-0.05, 0) is 19.1 Å². The minimum Gasteiger partial charge on any atom is -0.486 e. The molecule has 0 saturated carbocycles. The number of aromatic nitrogens is 2. The Bertz CT molecular complexity index is 595. The summed E-state index contributed by atoms with van der Waals surface area (Å²) in [5.74, 6) is -1.12. The highest BCUT2D eigenvalue weighted by molar-refractivity contribution is 5.88. The van der Waals surface area contributed by atoms with E-state index in [-0.39, 0.29) is 17.9 Å². The van der Waals surface area contributed by atoms with E-state index in [9.17, 15) is 9.18 Å². The number of carboxylic acid groups (broad SMARTS) is 1. The van der Waals surface area contributed by atoms with Gasteiger partial charge in [0, 0.05) is 25.0 Å². The molecule has 5 nitrogen and oxygen atoms in total. The van der Waals surface area contributed by atoms with Gasteiger partial charge in [0.2, 0.25) is 0 Å². The van der Waals surface area contributed by atoms with Gasteiger partial charge in [-0.25, -0.2) is 14.2 Å². The normalized spacial score (nSPS) is 10.4. The number of benzene rings is 1. The Balaban J connectivity index is 2.08. The number of aromatic carboxylic acids is 1. The van der Waals surface area contributed by atoms with Gasteiger partial charge in [-0.15, -0.1) is 0 Å². The Morgan fingerprint density at radius 3 is 2.95 bits per heavy atom. The van der Waals surface area contributed by atoms with Crippen LogP contribution < -0.4 is 4.74 Å². The van der Waals surface area contributed by atoms with E-state index in [2.05, 4.69) is 4.98 Å². The van der Waals surface area contributed by atoms with E-state index in [0.717, 1.165) is 18.4 Å². The van der Waals surface area contributed by atoms with Crippen LogP contribution in [0.15, 0.2) is 30.6 Å². The van der Waals surface area contributed by atoms with E-state index in [1.54, 1.807) is 6.20 Å². The average molecular weight is 264 g/mol. The number of imidazole rings is 1. The van der Waals surface area contributed by atoms with E-state index in [4.69, 9.17) is 9.84 Å². The lowest BCUT2D eigenvalue weighted by atomic mass is 10.2. The molecule has 1 N–H and O–H groups in total. The fourth-order valence-electron chi connectivity index (χ4n) is 1.68. The highest BCUT2D eigenvalue weighted by atomic mass is 19.1. The van der Waals surface area contributed by atoms with E-state index in [1.165, 1.54) is 12.1 Å². The molecule has 0 fully saturated rings. The minimum atomic E-state index is -1.30. The molecule has 0 unspecified atom stereocenters. The molecule has 0 spiro atoms. The fourth-order valence-corrected chi connectivity index (χ4v) is 1.68. The molecule has 0 aliphatic carbocycles. The Labute approximate surface area is 109 Å². The highest BCUT2D eigenvalue weighted by Gasteiger charge is 2.11. The average Bonchev–Trinajstić information content (AvgIpc) is 2.83. The topological polar surface area (TPSA) is 64.4 Å². The first-order valence-electron chi connectivity index (χ1n) is 5.77. The summed E-state index contributed by atoms with van der Waals surface area (Å²) in [6.07, 6.45) is 3.49. The molecule has 0 amide bonds. The Morgan fingerprint density at radius 1 is 1.53 bits per heavy atom. The predicted octanol–water partition coefficient (Wildman–Crippen LogP) is 2.32. The standard InChI is InChI=1S/C13H13FN2O3/c1-2-16-6-5-15-12(16)8-19-9-3-4-10(13(17)18)11(14)7-9/h3-7H,2,8H2,1H3,(H,17,18). The van der Waals surface area contributed by atoms with Crippen molar-refractivity contribution in [1.82, 2.24) is 9.55 Å². The van der Waals surface area contributed by atoms with Crippen LogP contribution in [0.4, 0.5) is 4.39 Å². The monoisotopic (exact) mass is 264 g/mol. The first kappa shape index (κ1) is 13.1. The molecule has 2 aromatic rings. The number of aryl methyl sites for hydroxylation is 1. The molecule has 19 heavy (non-hydrogen) atoms. The summed E-state index contributed by atoms with van der Waals surface area (Å²) in [7, 11) is 0. The number of rotatable bonds is 5. The number of hydrogen-bond donors (Lipinski definition) is 1. The molecule has 100 valence electrons. The zero-order chi connectivity index (χ0) is 13.8. The third kappa shape index (κ3) is 2.90. The molecule has 1 aromatic carbocycles. The molecule has 0 atom stereocenters. The molecule has 1 aromatic heterocycles. The summed E-state index contributed by atoms with van der Waals surface area (Å²) in [5, 5.41) is 8.71. The van der Waals surface area contributed by atoms with E-state index < -0.39 is 11.8 Å². The third-order valence-corrected chi connectivity index (χ3v) is 2.68. The molecule has 2 rings (SSSR count). The van der Waals surface area contributed by atoms with Crippen LogP contribution in [0.3, 0.4) is 0 Å². The lowest BCUT2D eigenvalue weighted by Gasteiger charge is -2.08. The molecule has 1 heterocycles. The molecule has 0 bridgehead atoms. The van der Waals surface area contributed by atoms with Gasteiger partial charge < -0.3 is 14.4 Å². The Morgan fingerprint density at radius 2 is 2.32 bits per heavy atom. The van der Waals surface area contributed by atoms with Crippen molar-refractivity contribution in [1.29, 1.82) is 0 Å². The van der Waals surface area contributed by atoms with E-state index in [1.807, 2.05) is 17.7 Å². The van der Waals surface area contributed by atoms with Crippen molar-refractivity contribution >= 4 is 5.97 Å². The summed E-state index contributed by atoms with van der Waals surface area (Å²) in [5.41, 5.74) is -0.373. The molecule has 6 heteroatoms. The van der Waals surface area contributed by atoms with Crippen molar-refractivity contribution in [3.63, 3.8) is 0 Å². The van der Waals surface area contributed by atoms with Crippen LogP contribution in [-0.4, -0.2) is 20.6 Å². The Kier molecular flexibility index (Phi) is 3.79. The molecule has 0 aliphatic rings. The lowest BCUT2D eigenvalue weighted by molar-refractivity contribution is 0.0692. The molecular formula is C13H13FN2O3. The van der Waals surface area contributed by atoms with Gasteiger partial charge in [-0.2, -0.15) is 0 Å². The predicted molar refractivity (Wildman–Crippen MR) is 65.6 cm³/mol. The van der Waals surface area contributed by atoms with Gasteiger partial charge in [0.05, 0.1) is 5.56 Å². The van der Waals surface area contributed by atoms with E-state index in [0.29, 0.717) is 0 Å². The highest BCUT2D eigenvalue weighted by Crippen LogP contribution is 2.17. The second-order valence-electron chi connectivity index (χ2n) is 3.86. The maximum Gasteiger partial charge on any atom is 0.338 e. The van der Waals surface area contributed by atoms with Crippen LogP contribution in [0.25, 0.3) is 0 Å². The van der Waals surface area contributed by atoms with Crippen molar-refractivity contribution in [2.24, 2.45) is 0 Å². The van der Waals surface area contributed by atoms with E-state index >= 15 is 0 Å². The molecule has 0 aliphatic heterocycles. The van der Waals surface area contributed by atoms with Crippen molar-refractivity contribution in [3.8, 4) is 5.75 Å². The number of ether oxygens (including phenoxy) is 1. The van der Waals surface area contributed by atoms with Crippen LogP contribution in [0, 0.1) is 5.82 Å². The fraction of sp³-hybridized carbons (Fsp3) is 0.231. The summed E-state index contributed by atoms with van der Waals surface area (Å²) in [6, 6.07) is 3.66. The smallest absolute Gasteiger partial charge is 0.338 e. The van der Waals surface area contributed by atoms with Gasteiger partial charge in [0.1, 0.15) is 24.0 Å². The third-order valence-electron chi connectivity index (χ3n) is 2.68. The van der Waals surface area contributed by atoms with Crippen LogP contribution in [-0.2, 0) is 13.2 Å². The second-order valence-corrected chi connectivity index (χ2v) is 3.86. The first-order valence-corrected chi connectivity index (χ1v) is 5.77. The summed E-state index contributed by atoms with van der Waals surface area (Å²) in [4.78, 5) is 14.8. The molecule has 0 radical (unpaired) electrons. The summed E-state index contributed by atoms with van der Waals surface area (Å²) >= 11 is 0. The SMILES string of the molecule is CCn1ccnc1COc1ccc(C(=O)O)c(F)c1. The first-order chi connectivity index (χ1) is 9.11. The van der Waals surface area contributed by atoms with Gasteiger partial charge in [-0.3, -0.25) is 0 Å². The van der Waals surface area contributed by atoms with Crippen LogP contribution in [0.1, 0.15) is 23.1 Å². The van der Waals surface area contributed by atoms with Crippen LogP contribution in [0.5, 0.6) is 5.75 Å². The number of halogens is 1. The molecular weight excluding hydrogens is 251 g/mol. The number of carbonyl (C=O) groups is 1. The maximum atomic E-state index is 13.4. The van der Waals surface area contributed by atoms with Crippen molar-refractivity contribution in [3.05, 3.63) is 47.8 Å². The van der Waals surface area contributed by atoms with Gasteiger partial charge in [0.15, 0.2) is 0 Å². The van der Waals surface area contributed by atoms with Crippen LogP contribution in [0.2, 0.25) is 0 Å². The molecule has 0 saturated heterocycles. The largest absolute Gasteiger partial charge is 0.486 e. The van der Waals surface area contributed by atoms with Crippen LogP contribution >= 0.6 is 0 Å². The number of carboxylic acids is 1. The summed E-state index contributed by atoms with van der Waals surface area (Å²) < 4.78 is 20.7. The van der Waals surface area contributed by atoms with Gasteiger partial charge in [-0.1, -0.05) is 0 Å². The zero-order valence-electron chi connectivity index (χ0n) is 10.3. The lowest BCUT2D eigenvalue weighted by Crippen LogP contribution is -2.06. The Hall–Kier alpha value is -2.37. The van der Waals surface area contributed by atoms with Crippen molar-refractivity contribution in [2.75, 3.05) is 0 Å². The van der Waals surface area contributed by atoms with Gasteiger partial charge >= 0.3 is 5.97 Å². The van der Waals surface area contributed by atoms with Gasteiger partial charge in [0.25, 0.3) is 0 Å². The summed E-state index contributed by atoms with van der Waals surface area (Å²) in [6.45, 7) is 2.95. The number of nitrogens with zero attached hydrogens (tertiary/aromatic N) is 2. The quantitative estimate of drug-likeness (QED) is 0.900. The zero-order valence-corrected chi connectivity index (χ0v) is 10.3. The maximum absolute atomic E-state index is 13.4. The van der Waals surface area contributed by atoms with Crippen molar-refractivity contribution < 1.29 is 19.0 Å². The minimum absolute atomic E-state index is 0.201.